The number of hydrogen-bond donors (Lipinski definition) is 0. The first-order valence-corrected chi connectivity index (χ1v) is 11.2. The smallest absolute Gasteiger partial charge is 0.410 e. The molecule has 1 aromatic carbocycles. The van der Waals surface area contributed by atoms with E-state index in [1.807, 2.05) is 41.8 Å². The number of hydrogen-bond acceptors (Lipinski definition) is 6. The van der Waals surface area contributed by atoms with Gasteiger partial charge in [0.25, 0.3) is 0 Å². The standard InChI is InChI=1S/C20H29N5O3S/c1-15-11-16(12-18(17(15)13-21)22-14-24(5)6)23-29(27)9-7-25(8-10-29)19(26)28-20(2,3)4/h11-12,14H,7-10H2,1-6H3/b22-14+. The molecule has 1 aliphatic rings. The molecular weight excluding hydrogens is 390 g/mol. The van der Waals surface area contributed by atoms with Crippen molar-refractivity contribution in [1.82, 2.24) is 9.80 Å². The number of nitriles is 1. The zero-order valence-corrected chi connectivity index (χ0v) is 18.7. The molecule has 158 valence electrons. The average molecular weight is 420 g/mol. The molecule has 29 heavy (non-hydrogen) atoms. The van der Waals surface area contributed by atoms with Crippen LogP contribution >= 0.6 is 0 Å². The minimum Gasteiger partial charge on any atom is -0.444 e. The summed E-state index contributed by atoms with van der Waals surface area (Å²) in [5.74, 6) is 0.559. The molecule has 0 aliphatic carbocycles. The summed E-state index contributed by atoms with van der Waals surface area (Å²) >= 11 is 0. The Hall–Kier alpha value is -2.60. The molecule has 0 saturated carbocycles. The summed E-state index contributed by atoms with van der Waals surface area (Å²) in [6.07, 6.45) is 1.21. The van der Waals surface area contributed by atoms with Crippen LogP contribution in [0.25, 0.3) is 0 Å². The Morgan fingerprint density at radius 3 is 2.45 bits per heavy atom. The highest BCUT2D eigenvalue weighted by Crippen LogP contribution is 2.30. The van der Waals surface area contributed by atoms with Crippen molar-refractivity contribution in [3.63, 3.8) is 0 Å². The summed E-state index contributed by atoms with van der Waals surface area (Å²) in [6.45, 7) is 7.92. The molecule has 8 nitrogen and oxygen atoms in total. The molecule has 9 heteroatoms. The molecule has 1 saturated heterocycles. The monoisotopic (exact) mass is 419 g/mol. The van der Waals surface area contributed by atoms with Gasteiger partial charge in [-0.05, 0) is 45.4 Å². The fourth-order valence-corrected chi connectivity index (χ4v) is 4.63. The van der Waals surface area contributed by atoms with Crippen molar-refractivity contribution in [3.05, 3.63) is 23.3 Å². The fourth-order valence-electron chi connectivity index (χ4n) is 2.74. The zero-order valence-electron chi connectivity index (χ0n) is 17.9. The van der Waals surface area contributed by atoms with Crippen LogP contribution in [0.5, 0.6) is 0 Å². The zero-order chi connectivity index (χ0) is 21.8. The van der Waals surface area contributed by atoms with Gasteiger partial charge in [-0.25, -0.2) is 14.0 Å². The Balaban J connectivity index is 2.25. The van der Waals surface area contributed by atoms with Crippen LogP contribution in [0.1, 0.15) is 31.9 Å². The van der Waals surface area contributed by atoms with E-state index >= 15 is 0 Å². The van der Waals surface area contributed by atoms with E-state index in [0.717, 1.165) is 5.56 Å². The third-order valence-electron chi connectivity index (χ3n) is 4.12. The lowest BCUT2D eigenvalue weighted by Gasteiger charge is -2.31. The first kappa shape index (κ1) is 22.7. The second kappa shape index (κ2) is 8.82. The minimum atomic E-state index is -2.51. The van der Waals surface area contributed by atoms with Crippen molar-refractivity contribution >= 4 is 33.5 Å². The van der Waals surface area contributed by atoms with Crippen LogP contribution in [0, 0.1) is 18.3 Å². The Morgan fingerprint density at radius 2 is 1.93 bits per heavy atom. The van der Waals surface area contributed by atoms with E-state index in [1.165, 1.54) is 0 Å². The number of nitrogens with zero attached hydrogens (tertiary/aromatic N) is 5. The summed E-state index contributed by atoms with van der Waals surface area (Å²) in [4.78, 5) is 19.9. The lowest BCUT2D eigenvalue weighted by molar-refractivity contribution is 0.0268. The van der Waals surface area contributed by atoms with Crippen LogP contribution in [0.4, 0.5) is 16.2 Å². The third-order valence-corrected chi connectivity index (χ3v) is 6.31. The highest BCUT2D eigenvalue weighted by atomic mass is 32.2. The Morgan fingerprint density at radius 1 is 1.31 bits per heavy atom. The minimum absolute atomic E-state index is 0.279. The average Bonchev–Trinajstić information content (AvgIpc) is 2.58. The van der Waals surface area contributed by atoms with Gasteiger partial charge in [0, 0.05) is 38.7 Å². The molecule has 0 N–H and O–H groups in total. The summed E-state index contributed by atoms with van der Waals surface area (Å²) in [5, 5.41) is 9.42. The summed E-state index contributed by atoms with van der Waals surface area (Å²) in [7, 11) is 1.17. The topological polar surface area (TPSA) is 98.4 Å². The molecule has 1 aliphatic heterocycles. The van der Waals surface area contributed by atoms with Crippen LogP contribution < -0.4 is 0 Å². The van der Waals surface area contributed by atoms with E-state index in [2.05, 4.69) is 15.4 Å². The molecule has 0 spiro atoms. The second-order valence-electron chi connectivity index (χ2n) is 8.22. The van der Waals surface area contributed by atoms with Gasteiger partial charge in [-0.15, -0.1) is 0 Å². The highest BCUT2D eigenvalue weighted by Gasteiger charge is 2.28. The van der Waals surface area contributed by atoms with Crippen LogP contribution in [-0.4, -0.2) is 70.7 Å². The van der Waals surface area contributed by atoms with Crippen molar-refractivity contribution in [2.45, 2.75) is 33.3 Å². The highest BCUT2D eigenvalue weighted by molar-refractivity contribution is 7.93. The SMILES string of the molecule is Cc1cc(N=S2(=O)CCN(C(=O)OC(C)(C)C)CC2)cc(/N=C/N(C)C)c1C#N. The van der Waals surface area contributed by atoms with Gasteiger partial charge in [0.15, 0.2) is 0 Å². The van der Waals surface area contributed by atoms with Crippen LogP contribution in [0.2, 0.25) is 0 Å². The van der Waals surface area contributed by atoms with Crippen LogP contribution in [-0.2, 0) is 14.5 Å². The number of aryl methyl sites for hydroxylation is 1. The molecule has 0 radical (unpaired) electrons. The summed E-state index contributed by atoms with van der Waals surface area (Å²) < 4.78 is 23.1. The van der Waals surface area contributed by atoms with E-state index in [0.29, 0.717) is 30.0 Å². The predicted octanol–water partition coefficient (Wildman–Crippen LogP) is 3.44. The van der Waals surface area contributed by atoms with Gasteiger partial charge >= 0.3 is 6.09 Å². The number of carbonyl (C=O) groups excluding carboxylic acids is 1. The number of carbonyl (C=O) groups is 1. The molecule has 1 amide bonds. The molecule has 1 heterocycles. The van der Waals surface area contributed by atoms with Crippen LogP contribution in [0.15, 0.2) is 21.5 Å². The van der Waals surface area contributed by atoms with Gasteiger partial charge in [-0.3, -0.25) is 0 Å². The lowest BCUT2D eigenvalue weighted by atomic mass is 10.1. The van der Waals surface area contributed by atoms with E-state index < -0.39 is 21.4 Å². The van der Waals surface area contributed by atoms with Gasteiger partial charge in [-0.2, -0.15) is 9.62 Å². The first-order chi connectivity index (χ1) is 13.4. The second-order valence-corrected chi connectivity index (χ2v) is 10.8. The molecular formula is C20H29N5O3S. The predicted molar refractivity (Wildman–Crippen MR) is 116 cm³/mol. The van der Waals surface area contributed by atoms with Gasteiger partial charge < -0.3 is 14.5 Å². The lowest BCUT2D eigenvalue weighted by Crippen LogP contribution is -2.45. The van der Waals surface area contributed by atoms with Gasteiger partial charge in [0.2, 0.25) is 0 Å². The van der Waals surface area contributed by atoms with E-state index in [1.54, 1.807) is 28.3 Å². The van der Waals surface area contributed by atoms with Crippen molar-refractivity contribution in [1.29, 1.82) is 5.26 Å². The Labute approximate surface area is 173 Å². The van der Waals surface area contributed by atoms with Gasteiger partial charge in [0.05, 0.1) is 33.0 Å². The molecule has 1 fully saturated rings. The number of ether oxygens (including phenoxy) is 1. The van der Waals surface area contributed by atoms with Crippen molar-refractivity contribution in [2.75, 3.05) is 38.7 Å². The first-order valence-electron chi connectivity index (χ1n) is 9.38. The molecule has 1 aromatic rings. The Bertz CT molecular complexity index is 950. The van der Waals surface area contributed by atoms with Crippen LogP contribution in [0.3, 0.4) is 0 Å². The molecule has 0 unspecified atom stereocenters. The summed E-state index contributed by atoms with van der Waals surface area (Å²) in [6, 6.07) is 5.59. The maximum Gasteiger partial charge on any atom is 0.410 e. The fraction of sp³-hybridized carbons (Fsp3) is 0.550. The van der Waals surface area contributed by atoms with Crippen molar-refractivity contribution < 1.29 is 13.7 Å². The largest absolute Gasteiger partial charge is 0.444 e. The van der Waals surface area contributed by atoms with E-state index in [-0.39, 0.29) is 11.5 Å². The summed E-state index contributed by atoms with van der Waals surface area (Å²) in [5.41, 5.74) is 1.66. The molecule has 2 rings (SSSR count). The normalized spacial score (nSPS) is 16.4. The quantitative estimate of drug-likeness (QED) is 0.552. The van der Waals surface area contributed by atoms with Gasteiger partial charge in [0.1, 0.15) is 11.7 Å². The number of rotatable bonds is 3. The number of benzene rings is 1. The van der Waals surface area contributed by atoms with Gasteiger partial charge in [-0.1, -0.05) is 0 Å². The maximum atomic E-state index is 13.2. The van der Waals surface area contributed by atoms with Crippen molar-refractivity contribution in [2.24, 2.45) is 9.36 Å². The molecule has 0 bridgehead atoms. The van der Waals surface area contributed by atoms with Crippen molar-refractivity contribution in [3.8, 4) is 6.07 Å². The molecule has 0 atom stereocenters. The number of amides is 1. The Kier molecular flexibility index (Phi) is 6.90. The number of aliphatic imine (C=N–C) groups is 1. The molecule has 0 aromatic heterocycles. The van der Waals surface area contributed by atoms with E-state index in [9.17, 15) is 14.3 Å². The maximum absolute atomic E-state index is 13.2. The van der Waals surface area contributed by atoms with E-state index in [4.69, 9.17) is 4.74 Å². The third kappa shape index (κ3) is 6.46.